The Morgan fingerprint density at radius 1 is 1.06 bits per heavy atom. The van der Waals surface area contributed by atoms with E-state index in [1.807, 2.05) is 0 Å². The molecule has 0 spiro atoms. The molecule has 1 fully saturated rings. The van der Waals surface area contributed by atoms with Crippen molar-refractivity contribution in [2.24, 2.45) is 0 Å². The monoisotopic (exact) mass is 654 g/mol. The number of halogens is 4. The van der Waals surface area contributed by atoms with E-state index in [1.54, 1.807) is 36.4 Å². The lowest BCUT2D eigenvalue weighted by Gasteiger charge is -2.26. The summed E-state index contributed by atoms with van der Waals surface area (Å²) < 4.78 is 20.3. The van der Waals surface area contributed by atoms with Crippen LogP contribution in [-0.4, -0.2) is 17.8 Å². The van der Waals surface area contributed by atoms with E-state index in [0.29, 0.717) is 20.8 Å². The standard InChI is InChI=1S/C24H14BrClFIN2O4/c25-19-10-14(11-20(28)21(19)34-12-13-1-5-16(27)6-2-13)9-18-22(31)29-24(33)30(23(18)32)17-7-3-15(26)4-8-17/h1-11H,12H2,(H,29,31,33)/b18-9+. The first kappa shape index (κ1) is 24.4. The van der Waals surface area contributed by atoms with Crippen LogP contribution in [-0.2, 0) is 16.2 Å². The molecular formula is C24H14BrClFIN2O4. The minimum absolute atomic E-state index is 0.197. The van der Waals surface area contributed by atoms with Crippen LogP contribution >= 0.6 is 50.1 Å². The summed E-state index contributed by atoms with van der Waals surface area (Å²) in [5, 5.41) is 2.63. The number of rotatable bonds is 5. The molecule has 1 saturated heterocycles. The van der Waals surface area contributed by atoms with Gasteiger partial charge in [-0.05, 0) is 104 Å². The number of nitrogens with zero attached hydrogens (tertiary/aromatic N) is 1. The van der Waals surface area contributed by atoms with E-state index in [4.69, 9.17) is 16.3 Å². The molecule has 6 nitrogen and oxygen atoms in total. The van der Waals surface area contributed by atoms with Crippen LogP contribution in [0.1, 0.15) is 11.1 Å². The summed E-state index contributed by atoms with van der Waals surface area (Å²) in [4.78, 5) is 38.7. The molecule has 1 heterocycles. The average Bonchev–Trinajstić information content (AvgIpc) is 2.78. The molecule has 0 unspecified atom stereocenters. The molecule has 172 valence electrons. The first-order valence-corrected chi connectivity index (χ1v) is 12.0. The summed E-state index contributed by atoms with van der Waals surface area (Å²) in [6.45, 7) is 0.231. The second-order valence-electron chi connectivity index (χ2n) is 7.16. The summed E-state index contributed by atoms with van der Waals surface area (Å²) in [5.41, 5.74) is 1.43. The molecule has 1 aliphatic heterocycles. The number of hydrogen-bond acceptors (Lipinski definition) is 4. The first-order chi connectivity index (χ1) is 16.2. The number of anilines is 1. The Hall–Kier alpha value is -2.76. The number of imide groups is 2. The largest absolute Gasteiger partial charge is 0.487 e. The number of carbonyl (C=O) groups is 3. The van der Waals surface area contributed by atoms with Gasteiger partial charge in [-0.15, -0.1) is 0 Å². The third-order valence-electron chi connectivity index (χ3n) is 4.81. The van der Waals surface area contributed by atoms with Crippen molar-refractivity contribution in [1.82, 2.24) is 5.32 Å². The van der Waals surface area contributed by atoms with E-state index < -0.39 is 17.8 Å². The van der Waals surface area contributed by atoms with Gasteiger partial charge in [0.1, 0.15) is 23.7 Å². The van der Waals surface area contributed by atoms with Crippen molar-refractivity contribution in [2.45, 2.75) is 6.61 Å². The predicted octanol–water partition coefficient (Wildman–Crippen LogP) is 6.09. The summed E-state index contributed by atoms with van der Waals surface area (Å²) in [6.07, 6.45) is 1.41. The van der Waals surface area contributed by atoms with E-state index in [-0.39, 0.29) is 23.7 Å². The lowest BCUT2D eigenvalue weighted by molar-refractivity contribution is -0.122. The van der Waals surface area contributed by atoms with Crippen molar-refractivity contribution in [1.29, 1.82) is 0 Å². The molecule has 10 heteroatoms. The van der Waals surface area contributed by atoms with Gasteiger partial charge in [0.2, 0.25) is 0 Å². The molecule has 1 N–H and O–H groups in total. The maximum absolute atomic E-state index is 13.1. The number of urea groups is 1. The highest BCUT2D eigenvalue weighted by atomic mass is 127. The molecule has 3 aromatic carbocycles. The Morgan fingerprint density at radius 2 is 1.74 bits per heavy atom. The SMILES string of the molecule is O=C1NC(=O)N(c2ccc(Cl)cc2)C(=O)/C1=C/c1cc(Br)c(OCc2ccc(F)cc2)c(I)c1. The Balaban J connectivity index is 1.60. The fraction of sp³-hybridized carbons (Fsp3) is 0.0417. The number of amides is 4. The lowest BCUT2D eigenvalue weighted by Crippen LogP contribution is -2.54. The van der Waals surface area contributed by atoms with Gasteiger partial charge in [0.15, 0.2) is 0 Å². The maximum atomic E-state index is 13.1. The third-order valence-corrected chi connectivity index (χ3v) is 6.46. The zero-order valence-corrected chi connectivity index (χ0v) is 21.6. The van der Waals surface area contributed by atoms with Gasteiger partial charge in [-0.1, -0.05) is 23.7 Å². The zero-order chi connectivity index (χ0) is 24.4. The molecule has 4 amide bonds. The molecule has 0 aromatic heterocycles. The van der Waals surface area contributed by atoms with Gasteiger partial charge in [0.25, 0.3) is 11.8 Å². The molecule has 0 aliphatic carbocycles. The molecule has 0 radical (unpaired) electrons. The van der Waals surface area contributed by atoms with E-state index in [0.717, 1.165) is 14.0 Å². The van der Waals surface area contributed by atoms with Crippen LogP contribution in [0.5, 0.6) is 5.75 Å². The maximum Gasteiger partial charge on any atom is 0.335 e. The van der Waals surface area contributed by atoms with Gasteiger partial charge in [0.05, 0.1) is 13.7 Å². The van der Waals surface area contributed by atoms with Crippen molar-refractivity contribution in [3.05, 3.63) is 96.2 Å². The number of hydrogen-bond donors (Lipinski definition) is 1. The molecular weight excluding hydrogens is 642 g/mol. The second kappa shape index (κ2) is 10.2. The van der Waals surface area contributed by atoms with Gasteiger partial charge < -0.3 is 4.74 Å². The van der Waals surface area contributed by atoms with Gasteiger partial charge in [-0.3, -0.25) is 14.9 Å². The summed E-state index contributed by atoms with van der Waals surface area (Å²) in [5.74, 6) is -1.30. The topological polar surface area (TPSA) is 75.7 Å². The number of barbiturate groups is 1. The van der Waals surface area contributed by atoms with Crippen molar-refractivity contribution in [3.63, 3.8) is 0 Å². The van der Waals surface area contributed by atoms with E-state index in [1.165, 1.54) is 30.3 Å². The minimum Gasteiger partial charge on any atom is -0.487 e. The Bertz CT molecular complexity index is 1310. The molecule has 0 atom stereocenters. The minimum atomic E-state index is -0.838. The van der Waals surface area contributed by atoms with Crippen LogP contribution in [0, 0.1) is 9.39 Å². The highest BCUT2D eigenvalue weighted by Crippen LogP contribution is 2.34. The molecule has 34 heavy (non-hydrogen) atoms. The number of ether oxygens (including phenoxy) is 1. The Labute approximate surface area is 221 Å². The third kappa shape index (κ3) is 5.31. The molecule has 1 aliphatic rings. The molecule has 4 rings (SSSR count). The van der Waals surface area contributed by atoms with Crippen molar-refractivity contribution < 1.29 is 23.5 Å². The normalized spacial score (nSPS) is 15.0. The fourth-order valence-electron chi connectivity index (χ4n) is 3.19. The highest BCUT2D eigenvalue weighted by Gasteiger charge is 2.36. The van der Waals surface area contributed by atoms with Crippen LogP contribution in [0.15, 0.2) is 70.7 Å². The number of carbonyl (C=O) groups excluding carboxylic acids is 3. The van der Waals surface area contributed by atoms with Crippen LogP contribution in [0.25, 0.3) is 6.08 Å². The summed E-state index contributed by atoms with van der Waals surface area (Å²) >= 11 is 11.4. The molecule has 0 saturated carbocycles. The number of benzene rings is 3. The summed E-state index contributed by atoms with van der Waals surface area (Å²) in [7, 11) is 0. The van der Waals surface area contributed by atoms with E-state index in [9.17, 15) is 18.8 Å². The average molecular weight is 656 g/mol. The predicted molar refractivity (Wildman–Crippen MR) is 138 cm³/mol. The first-order valence-electron chi connectivity index (χ1n) is 9.76. The van der Waals surface area contributed by atoms with E-state index in [2.05, 4.69) is 43.8 Å². The van der Waals surface area contributed by atoms with Crippen LogP contribution in [0.3, 0.4) is 0 Å². The molecule has 3 aromatic rings. The highest BCUT2D eigenvalue weighted by molar-refractivity contribution is 14.1. The van der Waals surface area contributed by atoms with Crippen LogP contribution in [0.2, 0.25) is 5.02 Å². The fourth-order valence-corrected chi connectivity index (χ4v) is 5.08. The van der Waals surface area contributed by atoms with E-state index >= 15 is 0 Å². The van der Waals surface area contributed by atoms with Gasteiger partial charge in [-0.25, -0.2) is 14.1 Å². The van der Waals surface area contributed by atoms with Crippen LogP contribution < -0.4 is 15.0 Å². The van der Waals surface area contributed by atoms with Crippen molar-refractivity contribution in [3.8, 4) is 5.75 Å². The molecule has 0 bridgehead atoms. The quantitative estimate of drug-likeness (QED) is 0.205. The van der Waals surface area contributed by atoms with Crippen molar-refractivity contribution >= 4 is 79.7 Å². The van der Waals surface area contributed by atoms with Gasteiger partial charge >= 0.3 is 6.03 Å². The second-order valence-corrected chi connectivity index (χ2v) is 9.62. The Morgan fingerprint density at radius 3 is 2.38 bits per heavy atom. The zero-order valence-electron chi connectivity index (χ0n) is 17.2. The number of nitrogens with one attached hydrogen (secondary N) is 1. The van der Waals surface area contributed by atoms with Gasteiger partial charge in [-0.2, -0.15) is 0 Å². The van der Waals surface area contributed by atoms with Crippen LogP contribution in [0.4, 0.5) is 14.9 Å². The summed E-state index contributed by atoms with van der Waals surface area (Å²) in [6, 6.07) is 14.7. The lowest BCUT2D eigenvalue weighted by atomic mass is 10.1. The van der Waals surface area contributed by atoms with Crippen molar-refractivity contribution in [2.75, 3.05) is 4.90 Å². The smallest absolute Gasteiger partial charge is 0.335 e. The van der Waals surface area contributed by atoms with Gasteiger partial charge in [0, 0.05) is 5.02 Å². The Kier molecular flexibility index (Phi) is 7.34.